The Balaban J connectivity index is 1.99. The predicted octanol–water partition coefficient (Wildman–Crippen LogP) is 3.40. The van der Waals surface area contributed by atoms with Crippen LogP contribution in [-0.2, 0) is 6.54 Å². The summed E-state index contributed by atoms with van der Waals surface area (Å²) in [5, 5.41) is 4.24. The molecule has 2 nitrogen and oxygen atoms in total. The summed E-state index contributed by atoms with van der Waals surface area (Å²) in [5.41, 5.74) is 3.05. The summed E-state index contributed by atoms with van der Waals surface area (Å²) in [4.78, 5) is 8.03. The largest absolute Gasteiger partial charge is 0.293 e. The molecule has 2 aromatic rings. The van der Waals surface area contributed by atoms with E-state index in [0.29, 0.717) is 6.04 Å². The van der Waals surface area contributed by atoms with Crippen LogP contribution in [0.4, 0.5) is 0 Å². The molecule has 0 aliphatic carbocycles. The third-order valence-corrected chi connectivity index (χ3v) is 4.19. The quantitative estimate of drug-likeness (QED) is 0.811. The van der Waals surface area contributed by atoms with Crippen LogP contribution in [0.3, 0.4) is 0 Å². The zero-order chi connectivity index (χ0) is 10.7. The van der Waals surface area contributed by atoms with Crippen molar-refractivity contribution in [3.05, 3.63) is 39.0 Å². The molecule has 0 amide bonds. The number of thiophene rings is 1. The van der Waals surface area contributed by atoms with Crippen LogP contribution >= 0.6 is 22.7 Å². The number of aromatic nitrogens is 1. The summed E-state index contributed by atoms with van der Waals surface area (Å²) >= 11 is 3.47. The lowest BCUT2D eigenvalue weighted by Gasteiger charge is -2.22. The van der Waals surface area contributed by atoms with Gasteiger partial charge in [-0.05, 0) is 25.4 Å². The lowest BCUT2D eigenvalue weighted by Crippen LogP contribution is -2.21. The Hall–Kier alpha value is -0.710. The maximum atomic E-state index is 4.30. The highest BCUT2D eigenvalue weighted by Crippen LogP contribution is 2.24. The van der Waals surface area contributed by atoms with Crippen LogP contribution in [0.2, 0.25) is 0 Å². The minimum Gasteiger partial charge on any atom is -0.293 e. The van der Waals surface area contributed by atoms with E-state index >= 15 is 0 Å². The van der Waals surface area contributed by atoms with Crippen LogP contribution in [0, 0.1) is 0 Å². The van der Waals surface area contributed by atoms with Gasteiger partial charge in [-0.15, -0.1) is 22.7 Å². The molecule has 0 spiro atoms. The van der Waals surface area contributed by atoms with Gasteiger partial charge >= 0.3 is 0 Å². The molecule has 0 aliphatic heterocycles. The summed E-state index contributed by atoms with van der Waals surface area (Å²) in [6.07, 6.45) is 0. The van der Waals surface area contributed by atoms with E-state index in [1.807, 2.05) is 16.8 Å². The van der Waals surface area contributed by atoms with Gasteiger partial charge in [0.15, 0.2) is 0 Å². The minimum absolute atomic E-state index is 0.465. The fourth-order valence-electron chi connectivity index (χ4n) is 1.45. The molecule has 0 N–H and O–H groups in total. The maximum absolute atomic E-state index is 4.30. The summed E-state index contributed by atoms with van der Waals surface area (Å²) in [5.74, 6) is 0. The van der Waals surface area contributed by atoms with Crippen molar-refractivity contribution in [3.63, 3.8) is 0 Å². The molecule has 2 rings (SSSR count). The monoisotopic (exact) mass is 238 g/mol. The average Bonchev–Trinajstić information content (AvgIpc) is 2.88. The molecule has 1 unspecified atom stereocenters. The minimum atomic E-state index is 0.465. The lowest BCUT2D eigenvalue weighted by molar-refractivity contribution is 0.254. The molecule has 0 aromatic carbocycles. The molecule has 2 aromatic heterocycles. The normalized spacial score (nSPS) is 13.3. The number of rotatable bonds is 4. The van der Waals surface area contributed by atoms with Crippen LogP contribution in [0.5, 0.6) is 0 Å². The van der Waals surface area contributed by atoms with Gasteiger partial charge in [-0.1, -0.05) is 6.07 Å². The number of hydrogen-bond acceptors (Lipinski definition) is 4. The highest BCUT2D eigenvalue weighted by Gasteiger charge is 2.13. The molecule has 1 atom stereocenters. The van der Waals surface area contributed by atoms with E-state index in [1.54, 1.807) is 11.3 Å². The standard InChI is InChI=1S/C11H14N2S2/c1-9(11-4-3-5-15-11)13(2)6-10-7-14-8-12-10/h3-5,7-9H,6H2,1-2H3. The van der Waals surface area contributed by atoms with E-state index < -0.39 is 0 Å². The average molecular weight is 238 g/mol. The molecular weight excluding hydrogens is 224 g/mol. The van der Waals surface area contributed by atoms with Gasteiger partial charge in [0.25, 0.3) is 0 Å². The van der Waals surface area contributed by atoms with Crippen LogP contribution < -0.4 is 0 Å². The van der Waals surface area contributed by atoms with Crippen molar-refractivity contribution >= 4 is 22.7 Å². The van der Waals surface area contributed by atoms with Gasteiger partial charge < -0.3 is 0 Å². The molecule has 4 heteroatoms. The Bertz CT molecular complexity index is 381. The Morgan fingerprint density at radius 3 is 3.00 bits per heavy atom. The van der Waals surface area contributed by atoms with Crippen LogP contribution in [0.25, 0.3) is 0 Å². The molecule has 0 radical (unpaired) electrons. The Labute approximate surface area is 98.2 Å². The van der Waals surface area contributed by atoms with E-state index in [4.69, 9.17) is 0 Å². The first-order valence-electron chi connectivity index (χ1n) is 4.88. The second kappa shape index (κ2) is 4.88. The van der Waals surface area contributed by atoms with Crippen molar-refractivity contribution in [2.75, 3.05) is 7.05 Å². The summed E-state index contributed by atoms with van der Waals surface area (Å²) in [7, 11) is 2.14. The van der Waals surface area contributed by atoms with Gasteiger partial charge in [0.2, 0.25) is 0 Å². The number of nitrogens with zero attached hydrogens (tertiary/aromatic N) is 2. The van der Waals surface area contributed by atoms with Crippen molar-refractivity contribution < 1.29 is 0 Å². The van der Waals surface area contributed by atoms with Gasteiger partial charge in [-0.3, -0.25) is 4.90 Å². The number of hydrogen-bond donors (Lipinski definition) is 0. The summed E-state index contributed by atoms with van der Waals surface area (Å²) in [6, 6.07) is 4.76. The van der Waals surface area contributed by atoms with Gasteiger partial charge in [0, 0.05) is 22.8 Å². The smallest absolute Gasteiger partial charge is 0.0795 e. The van der Waals surface area contributed by atoms with Crippen LogP contribution in [0.15, 0.2) is 28.4 Å². The molecule has 0 saturated carbocycles. The van der Waals surface area contributed by atoms with E-state index in [-0.39, 0.29) is 0 Å². The predicted molar refractivity (Wildman–Crippen MR) is 66.3 cm³/mol. The highest BCUT2D eigenvalue weighted by molar-refractivity contribution is 7.10. The highest BCUT2D eigenvalue weighted by atomic mass is 32.1. The Morgan fingerprint density at radius 2 is 2.40 bits per heavy atom. The molecule has 0 fully saturated rings. The molecule has 0 aliphatic rings. The van der Waals surface area contributed by atoms with Crippen molar-refractivity contribution in [3.8, 4) is 0 Å². The van der Waals surface area contributed by atoms with Gasteiger partial charge in [0.05, 0.1) is 11.2 Å². The lowest BCUT2D eigenvalue weighted by atomic mass is 10.2. The first kappa shape index (κ1) is 10.8. The van der Waals surface area contributed by atoms with Gasteiger partial charge in [-0.2, -0.15) is 0 Å². The topological polar surface area (TPSA) is 16.1 Å². The van der Waals surface area contributed by atoms with E-state index in [0.717, 1.165) is 12.2 Å². The van der Waals surface area contributed by atoms with E-state index in [9.17, 15) is 0 Å². The third kappa shape index (κ3) is 2.65. The zero-order valence-electron chi connectivity index (χ0n) is 8.88. The summed E-state index contributed by atoms with van der Waals surface area (Å²) < 4.78 is 0. The summed E-state index contributed by atoms with van der Waals surface area (Å²) in [6.45, 7) is 3.15. The van der Waals surface area contributed by atoms with Crippen molar-refractivity contribution in [1.29, 1.82) is 0 Å². The van der Waals surface area contributed by atoms with Gasteiger partial charge in [-0.25, -0.2) is 4.98 Å². The Kier molecular flexibility index (Phi) is 3.51. The fourth-order valence-corrected chi connectivity index (χ4v) is 2.85. The van der Waals surface area contributed by atoms with Crippen LogP contribution in [0.1, 0.15) is 23.5 Å². The molecular formula is C11H14N2S2. The van der Waals surface area contributed by atoms with Crippen molar-refractivity contribution in [2.24, 2.45) is 0 Å². The SMILES string of the molecule is CC(c1cccs1)N(C)Cc1cscn1. The van der Waals surface area contributed by atoms with Crippen LogP contribution in [-0.4, -0.2) is 16.9 Å². The molecule has 2 heterocycles. The van der Waals surface area contributed by atoms with E-state index in [2.05, 4.69) is 46.7 Å². The number of thiazole rings is 1. The molecule has 80 valence electrons. The maximum Gasteiger partial charge on any atom is 0.0795 e. The Morgan fingerprint density at radius 1 is 1.53 bits per heavy atom. The van der Waals surface area contributed by atoms with Crippen molar-refractivity contribution in [1.82, 2.24) is 9.88 Å². The van der Waals surface area contributed by atoms with Crippen molar-refractivity contribution in [2.45, 2.75) is 19.5 Å². The first-order valence-corrected chi connectivity index (χ1v) is 6.70. The zero-order valence-corrected chi connectivity index (χ0v) is 10.5. The van der Waals surface area contributed by atoms with E-state index in [1.165, 1.54) is 4.88 Å². The first-order chi connectivity index (χ1) is 7.27. The third-order valence-electron chi connectivity index (χ3n) is 2.51. The molecule has 0 saturated heterocycles. The fraction of sp³-hybridized carbons (Fsp3) is 0.364. The molecule has 0 bridgehead atoms. The van der Waals surface area contributed by atoms with Gasteiger partial charge in [0.1, 0.15) is 0 Å². The second-order valence-corrected chi connectivity index (χ2v) is 5.28. The second-order valence-electron chi connectivity index (χ2n) is 3.59. The molecule has 15 heavy (non-hydrogen) atoms.